The fraction of sp³-hybridized carbons (Fsp3) is 0.478. The number of rotatable bonds is 6. The Balaban J connectivity index is 1.65. The quantitative estimate of drug-likeness (QED) is 0.645. The van der Waals surface area contributed by atoms with Crippen LogP contribution in [0.4, 0.5) is 0 Å². The number of carbonyl (C=O) groups is 1. The van der Waals surface area contributed by atoms with Crippen molar-refractivity contribution in [2.75, 3.05) is 19.6 Å². The Morgan fingerprint density at radius 1 is 1.24 bits per heavy atom. The normalized spacial score (nSPS) is 17.3. The van der Waals surface area contributed by atoms with Crippen LogP contribution >= 0.6 is 0 Å². The number of hydrogen-bond acceptors (Lipinski definition) is 3. The van der Waals surface area contributed by atoms with E-state index in [-0.39, 0.29) is 5.91 Å². The third-order valence-corrected chi connectivity index (χ3v) is 6.36. The highest BCUT2D eigenvalue weighted by molar-refractivity contribution is 5.92. The van der Waals surface area contributed by atoms with Crippen molar-refractivity contribution in [3.8, 4) is 0 Å². The molecule has 0 radical (unpaired) electrons. The number of carbonyl (C=O) groups excluding carboxylic acids is 1. The summed E-state index contributed by atoms with van der Waals surface area (Å²) in [7, 11) is 3.97. The Bertz CT molecular complexity index is 998. The Morgan fingerprint density at radius 2 is 2.03 bits per heavy atom. The third-order valence-electron chi connectivity index (χ3n) is 6.36. The van der Waals surface area contributed by atoms with E-state index in [4.69, 9.17) is 0 Å². The highest BCUT2D eigenvalue weighted by Crippen LogP contribution is 2.23. The molecule has 1 aromatic carbocycles. The summed E-state index contributed by atoms with van der Waals surface area (Å²) >= 11 is 0. The minimum atomic E-state index is 0.0157. The van der Waals surface area contributed by atoms with Gasteiger partial charge in [0.2, 0.25) is 0 Å². The van der Waals surface area contributed by atoms with Crippen LogP contribution in [0.1, 0.15) is 41.6 Å². The van der Waals surface area contributed by atoms with E-state index < -0.39 is 0 Å². The van der Waals surface area contributed by atoms with Crippen LogP contribution in [-0.2, 0) is 20.6 Å². The summed E-state index contributed by atoms with van der Waals surface area (Å²) in [6.07, 6.45) is 2.35. The number of hydrogen-bond donors (Lipinski definition) is 0. The van der Waals surface area contributed by atoms with Crippen molar-refractivity contribution in [3.05, 3.63) is 53.5 Å². The van der Waals surface area contributed by atoms with Gasteiger partial charge in [-0.3, -0.25) is 14.4 Å². The van der Waals surface area contributed by atoms with Crippen LogP contribution in [0.2, 0.25) is 0 Å². The van der Waals surface area contributed by atoms with Gasteiger partial charge in [-0.1, -0.05) is 25.1 Å². The van der Waals surface area contributed by atoms with Crippen LogP contribution in [0.5, 0.6) is 0 Å². The van der Waals surface area contributed by atoms with Crippen molar-refractivity contribution in [3.63, 3.8) is 0 Å². The minimum Gasteiger partial charge on any atom is -0.346 e. The summed E-state index contributed by atoms with van der Waals surface area (Å²) in [4.78, 5) is 17.9. The van der Waals surface area contributed by atoms with E-state index in [9.17, 15) is 4.79 Å². The number of para-hydroxylation sites is 1. The van der Waals surface area contributed by atoms with Gasteiger partial charge in [-0.2, -0.15) is 5.10 Å². The number of amides is 1. The summed E-state index contributed by atoms with van der Waals surface area (Å²) in [6.45, 7) is 7.67. The van der Waals surface area contributed by atoms with Gasteiger partial charge in [0.1, 0.15) is 0 Å². The Hall–Kier alpha value is -2.60. The maximum Gasteiger partial charge on any atom is 0.274 e. The molecule has 0 N–H and O–H groups in total. The Kier molecular flexibility index (Phi) is 5.46. The zero-order chi connectivity index (χ0) is 20.5. The summed E-state index contributed by atoms with van der Waals surface area (Å²) in [5.74, 6) is 0.0157. The Labute approximate surface area is 172 Å². The first-order valence-electron chi connectivity index (χ1n) is 10.5. The average molecular weight is 394 g/mol. The number of likely N-dealkylation sites (tertiary alicyclic amines) is 1. The molecule has 29 heavy (non-hydrogen) atoms. The molecule has 0 bridgehead atoms. The second kappa shape index (κ2) is 8.03. The molecule has 3 heterocycles. The smallest absolute Gasteiger partial charge is 0.274 e. The number of aromatic nitrogens is 3. The molecule has 1 unspecified atom stereocenters. The molecule has 4 rings (SSSR count). The van der Waals surface area contributed by atoms with Gasteiger partial charge < -0.3 is 9.47 Å². The summed E-state index contributed by atoms with van der Waals surface area (Å²) < 4.78 is 3.97. The molecule has 1 aliphatic heterocycles. The number of likely N-dealkylation sites (N-methyl/N-ethyl adjacent to an activating group) is 1. The highest BCUT2D eigenvalue weighted by atomic mass is 16.2. The van der Waals surface area contributed by atoms with Gasteiger partial charge in [0.05, 0.1) is 6.54 Å². The van der Waals surface area contributed by atoms with E-state index in [1.54, 1.807) is 4.68 Å². The zero-order valence-electron chi connectivity index (χ0n) is 17.9. The van der Waals surface area contributed by atoms with Gasteiger partial charge >= 0.3 is 0 Å². The molecule has 1 amide bonds. The van der Waals surface area contributed by atoms with Crippen molar-refractivity contribution in [1.29, 1.82) is 0 Å². The maximum atomic E-state index is 13.4. The van der Waals surface area contributed by atoms with Crippen LogP contribution < -0.4 is 0 Å². The Morgan fingerprint density at radius 3 is 2.72 bits per heavy atom. The van der Waals surface area contributed by atoms with E-state index in [2.05, 4.69) is 58.9 Å². The van der Waals surface area contributed by atoms with Crippen LogP contribution in [0.3, 0.4) is 0 Å². The van der Waals surface area contributed by atoms with Gasteiger partial charge in [0, 0.05) is 43.6 Å². The van der Waals surface area contributed by atoms with Gasteiger partial charge in [0.15, 0.2) is 5.69 Å². The molecule has 1 fully saturated rings. The molecule has 1 atom stereocenters. The number of nitrogens with zero attached hydrogens (tertiary/aromatic N) is 5. The van der Waals surface area contributed by atoms with Crippen molar-refractivity contribution < 1.29 is 4.79 Å². The van der Waals surface area contributed by atoms with E-state index >= 15 is 0 Å². The number of benzene rings is 1. The second-order valence-electron chi connectivity index (χ2n) is 8.16. The van der Waals surface area contributed by atoms with Crippen molar-refractivity contribution in [2.24, 2.45) is 14.1 Å². The fourth-order valence-electron chi connectivity index (χ4n) is 4.51. The molecule has 0 saturated carbocycles. The topological polar surface area (TPSA) is 46.3 Å². The fourth-order valence-corrected chi connectivity index (χ4v) is 4.51. The highest BCUT2D eigenvalue weighted by Gasteiger charge is 2.29. The average Bonchev–Trinajstić information content (AvgIpc) is 3.40. The first kappa shape index (κ1) is 19.7. The molecule has 1 aliphatic rings. The van der Waals surface area contributed by atoms with Crippen LogP contribution in [0.25, 0.3) is 10.9 Å². The summed E-state index contributed by atoms with van der Waals surface area (Å²) in [6, 6.07) is 12.9. The van der Waals surface area contributed by atoms with Crippen molar-refractivity contribution in [1.82, 2.24) is 24.1 Å². The molecule has 6 heteroatoms. The molecule has 0 spiro atoms. The van der Waals surface area contributed by atoms with Crippen LogP contribution in [0, 0.1) is 6.92 Å². The largest absolute Gasteiger partial charge is 0.346 e. The SMILES string of the molecule is CCN1CCCC1CN(Cc1cc2ccccc2n1C)C(=O)c1cc(C)n(C)n1. The first-order valence-corrected chi connectivity index (χ1v) is 10.5. The lowest BCUT2D eigenvalue weighted by Crippen LogP contribution is -2.43. The monoisotopic (exact) mass is 393 g/mol. The maximum absolute atomic E-state index is 13.4. The van der Waals surface area contributed by atoms with Gasteiger partial charge in [0.25, 0.3) is 5.91 Å². The predicted molar refractivity (Wildman–Crippen MR) is 116 cm³/mol. The summed E-state index contributed by atoms with van der Waals surface area (Å²) in [5, 5.41) is 5.67. The minimum absolute atomic E-state index is 0.0157. The molecule has 2 aromatic heterocycles. The zero-order valence-corrected chi connectivity index (χ0v) is 17.9. The van der Waals surface area contributed by atoms with Gasteiger partial charge in [-0.25, -0.2) is 0 Å². The molecule has 0 aliphatic carbocycles. The molecule has 1 saturated heterocycles. The van der Waals surface area contributed by atoms with E-state index in [1.165, 1.54) is 17.3 Å². The third kappa shape index (κ3) is 3.81. The lowest BCUT2D eigenvalue weighted by atomic mass is 10.2. The number of fused-ring (bicyclic) bond motifs is 1. The van der Waals surface area contributed by atoms with Gasteiger partial charge in [-0.15, -0.1) is 0 Å². The standard InChI is InChI=1S/C23H31N5O/c1-5-27-12-8-10-19(27)15-28(23(29)21-13-17(2)26(4)24-21)16-20-14-18-9-6-7-11-22(18)25(20)3/h6-7,9,11,13-14,19H,5,8,10,12,15-16H2,1-4H3. The van der Waals surface area contributed by atoms with Crippen molar-refractivity contribution >= 4 is 16.8 Å². The molecule has 3 aromatic rings. The first-order chi connectivity index (χ1) is 14.0. The molecule has 154 valence electrons. The van der Waals surface area contributed by atoms with Crippen LogP contribution in [0.15, 0.2) is 36.4 Å². The van der Waals surface area contributed by atoms with E-state index in [0.29, 0.717) is 18.3 Å². The lowest BCUT2D eigenvalue weighted by Gasteiger charge is -2.30. The molecule has 6 nitrogen and oxygen atoms in total. The molecular formula is C23H31N5O. The molecular weight excluding hydrogens is 362 g/mol. The summed E-state index contributed by atoms with van der Waals surface area (Å²) in [5.41, 5.74) is 3.87. The van der Waals surface area contributed by atoms with Crippen LogP contribution in [-0.4, -0.2) is 55.7 Å². The number of aryl methyl sites for hydroxylation is 3. The van der Waals surface area contributed by atoms with E-state index in [0.717, 1.165) is 37.4 Å². The van der Waals surface area contributed by atoms with Gasteiger partial charge in [-0.05, 0) is 56.4 Å². The van der Waals surface area contributed by atoms with Crippen molar-refractivity contribution in [2.45, 2.75) is 39.3 Å². The lowest BCUT2D eigenvalue weighted by molar-refractivity contribution is 0.0681. The second-order valence-corrected chi connectivity index (χ2v) is 8.16. The van der Waals surface area contributed by atoms with E-state index in [1.807, 2.05) is 24.9 Å². The predicted octanol–water partition coefficient (Wildman–Crippen LogP) is 3.35.